The third-order valence-corrected chi connectivity index (χ3v) is 6.48. The molecule has 0 fully saturated rings. The smallest absolute Gasteiger partial charge is 0.256 e. The number of halogens is 1. The predicted octanol–water partition coefficient (Wildman–Crippen LogP) is 5.85. The van der Waals surface area contributed by atoms with Crippen LogP contribution in [0.1, 0.15) is 32.9 Å². The molecule has 0 saturated heterocycles. The topological polar surface area (TPSA) is 64.7 Å². The Morgan fingerprint density at radius 3 is 2.44 bits per heavy atom. The van der Waals surface area contributed by atoms with E-state index in [4.69, 9.17) is 11.6 Å². The molecule has 6 nitrogen and oxygen atoms in total. The lowest BCUT2D eigenvalue weighted by atomic mass is 10.0. The van der Waals surface area contributed by atoms with Crippen molar-refractivity contribution in [1.82, 2.24) is 19.6 Å². The van der Waals surface area contributed by atoms with Crippen LogP contribution in [0.15, 0.2) is 79.0 Å². The molecule has 0 atom stereocenters. The number of hydrogen-bond acceptors (Lipinski definition) is 3. The maximum Gasteiger partial charge on any atom is 0.256 e. The van der Waals surface area contributed by atoms with Gasteiger partial charge in [-0.3, -0.25) is 14.2 Å². The number of carbonyl (C=O) groups excluding carboxylic acids is 1. The van der Waals surface area contributed by atoms with Crippen molar-refractivity contribution in [2.75, 3.05) is 5.32 Å². The number of nitrogens with zero attached hydrogens (tertiary/aromatic N) is 4. The molecule has 0 bridgehead atoms. The Balaban J connectivity index is 1.24. The summed E-state index contributed by atoms with van der Waals surface area (Å²) in [6.07, 6.45) is 1.88. The van der Waals surface area contributed by atoms with E-state index < -0.39 is 0 Å². The van der Waals surface area contributed by atoms with Crippen LogP contribution in [0.4, 0.5) is 5.82 Å². The standard InChI is InChI=1S/C27H24ClN5O/c1-18-26(28)19(2)33(30-18)16-20-10-12-22(13-11-20)27(34)29-25-14-15-32(31-25)17-23-8-5-7-21-6-3-4-9-24(21)23/h3-15H,16-17H2,1-2H3,(H,29,31,34). The van der Waals surface area contributed by atoms with Crippen molar-refractivity contribution in [3.8, 4) is 0 Å². The van der Waals surface area contributed by atoms with E-state index in [2.05, 4.69) is 45.8 Å². The highest BCUT2D eigenvalue weighted by molar-refractivity contribution is 6.31. The number of nitrogens with one attached hydrogen (secondary N) is 1. The Hall–Kier alpha value is -3.90. The van der Waals surface area contributed by atoms with E-state index in [-0.39, 0.29) is 5.91 Å². The highest BCUT2D eigenvalue weighted by Gasteiger charge is 2.12. The highest BCUT2D eigenvalue weighted by Crippen LogP contribution is 2.21. The molecule has 5 rings (SSSR count). The van der Waals surface area contributed by atoms with E-state index in [1.54, 1.807) is 0 Å². The van der Waals surface area contributed by atoms with E-state index in [0.717, 1.165) is 17.0 Å². The van der Waals surface area contributed by atoms with Crippen LogP contribution in [0, 0.1) is 13.8 Å². The van der Waals surface area contributed by atoms with E-state index in [9.17, 15) is 4.79 Å². The number of anilines is 1. The fourth-order valence-corrected chi connectivity index (χ4v) is 4.21. The molecule has 0 saturated carbocycles. The monoisotopic (exact) mass is 469 g/mol. The van der Waals surface area contributed by atoms with Crippen LogP contribution in [-0.2, 0) is 13.1 Å². The third-order valence-electron chi connectivity index (χ3n) is 5.94. The van der Waals surface area contributed by atoms with Gasteiger partial charge in [-0.1, -0.05) is 66.2 Å². The number of aryl methyl sites for hydroxylation is 1. The van der Waals surface area contributed by atoms with Crippen LogP contribution < -0.4 is 5.32 Å². The average molecular weight is 470 g/mol. The second-order valence-corrected chi connectivity index (χ2v) is 8.71. The van der Waals surface area contributed by atoms with E-state index >= 15 is 0 Å². The zero-order chi connectivity index (χ0) is 23.7. The number of amides is 1. The summed E-state index contributed by atoms with van der Waals surface area (Å²) in [4.78, 5) is 12.7. The molecule has 34 heavy (non-hydrogen) atoms. The van der Waals surface area contributed by atoms with Gasteiger partial charge >= 0.3 is 0 Å². The van der Waals surface area contributed by atoms with Crippen LogP contribution in [0.2, 0.25) is 5.02 Å². The number of fused-ring (bicyclic) bond motifs is 1. The second-order valence-electron chi connectivity index (χ2n) is 8.33. The van der Waals surface area contributed by atoms with Crippen molar-refractivity contribution in [2.24, 2.45) is 0 Å². The van der Waals surface area contributed by atoms with E-state index in [0.29, 0.717) is 29.5 Å². The van der Waals surface area contributed by atoms with Gasteiger partial charge in [0.05, 0.1) is 29.5 Å². The van der Waals surface area contributed by atoms with Crippen LogP contribution in [-0.4, -0.2) is 25.5 Å². The molecule has 1 amide bonds. The SMILES string of the molecule is Cc1nn(Cc2ccc(C(=O)Nc3ccn(Cc4cccc5ccccc45)n3)cc2)c(C)c1Cl. The first kappa shape index (κ1) is 21.9. The fraction of sp³-hybridized carbons (Fsp3) is 0.148. The Kier molecular flexibility index (Phi) is 5.90. The first-order valence-electron chi connectivity index (χ1n) is 11.1. The van der Waals surface area contributed by atoms with Crippen molar-refractivity contribution in [1.29, 1.82) is 0 Å². The lowest BCUT2D eigenvalue weighted by Crippen LogP contribution is -2.13. The Bertz CT molecular complexity index is 1480. The summed E-state index contributed by atoms with van der Waals surface area (Å²) in [6, 6.07) is 23.8. The molecule has 0 aliphatic carbocycles. The quantitative estimate of drug-likeness (QED) is 0.339. The summed E-state index contributed by atoms with van der Waals surface area (Å²) in [5, 5.41) is 15.0. The van der Waals surface area contributed by atoms with Gasteiger partial charge in [-0.05, 0) is 47.9 Å². The van der Waals surface area contributed by atoms with E-state index in [1.807, 2.05) is 71.9 Å². The summed E-state index contributed by atoms with van der Waals surface area (Å²) in [7, 11) is 0. The van der Waals surface area contributed by atoms with Gasteiger partial charge in [0.2, 0.25) is 0 Å². The molecule has 0 radical (unpaired) electrons. The lowest BCUT2D eigenvalue weighted by Gasteiger charge is -2.07. The van der Waals surface area contributed by atoms with Gasteiger partial charge in [-0.2, -0.15) is 10.2 Å². The Morgan fingerprint density at radius 1 is 0.912 bits per heavy atom. The normalized spacial score (nSPS) is 11.1. The number of aromatic nitrogens is 4. The highest BCUT2D eigenvalue weighted by atomic mass is 35.5. The zero-order valence-corrected chi connectivity index (χ0v) is 19.8. The molecule has 3 aromatic carbocycles. The average Bonchev–Trinajstić information content (AvgIpc) is 3.39. The van der Waals surface area contributed by atoms with Crippen LogP contribution in [0.5, 0.6) is 0 Å². The molecule has 0 spiro atoms. The zero-order valence-electron chi connectivity index (χ0n) is 19.0. The van der Waals surface area contributed by atoms with Crippen LogP contribution in [0.25, 0.3) is 10.8 Å². The molecule has 7 heteroatoms. The molecular weight excluding hydrogens is 446 g/mol. The Labute approximate surface area is 202 Å². The maximum absolute atomic E-state index is 12.7. The molecule has 1 N–H and O–H groups in total. The minimum Gasteiger partial charge on any atom is -0.305 e. The molecule has 2 aromatic heterocycles. The van der Waals surface area contributed by atoms with Crippen molar-refractivity contribution < 1.29 is 4.79 Å². The van der Waals surface area contributed by atoms with Gasteiger partial charge in [0.1, 0.15) is 0 Å². The van der Waals surface area contributed by atoms with Gasteiger partial charge in [-0.15, -0.1) is 0 Å². The molecular formula is C27H24ClN5O. The molecule has 170 valence electrons. The second kappa shape index (κ2) is 9.15. The molecule has 5 aromatic rings. The van der Waals surface area contributed by atoms with Crippen LogP contribution in [0.3, 0.4) is 0 Å². The number of rotatable bonds is 6. The fourth-order valence-electron chi connectivity index (χ4n) is 4.07. The van der Waals surface area contributed by atoms with Crippen molar-refractivity contribution in [2.45, 2.75) is 26.9 Å². The summed E-state index contributed by atoms with van der Waals surface area (Å²) >= 11 is 6.24. The van der Waals surface area contributed by atoms with Gasteiger partial charge in [0.25, 0.3) is 5.91 Å². The first-order valence-corrected chi connectivity index (χ1v) is 11.5. The maximum atomic E-state index is 12.7. The molecule has 0 aliphatic heterocycles. The summed E-state index contributed by atoms with van der Waals surface area (Å²) in [5.41, 5.74) is 4.53. The van der Waals surface area contributed by atoms with Gasteiger partial charge in [0.15, 0.2) is 5.82 Å². The van der Waals surface area contributed by atoms with Gasteiger partial charge in [-0.25, -0.2) is 0 Å². The first-order chi connectivity index (χ1) is 16.5. The van der Waals surface area contributed by atoms with Crippen LogP contribution >= 0.6 is 11.6 Å². The lowest BCUT2D eigenvalue weighted by molar-refractivity contribution is 0.102. The predicted molar refractivity (Wildman–Crippen MR) is 135 cm³/mol. The molecule has 0 unspecified atom stereocenters. The number of carbonyl (C=O) groups is 1. The minimum atomic E-state index is -0.198. The summed E-state index contributed by atoms with van der Waals surface area (Å²) in [5.74, 6) is 0.322. The number of hydrogen-bond donors (Lipinski definition) is 1. The Morgan fingerprint density at radius 2 is 1.68 bits per heavy atom. The minimum absolute atomic E-state index is 0.198. The van der Waals surface area contributed by atoms with Gasteiger partial charge < -0.3 is 5.32 Å². The third kappa shape index (κ3) is 4.45. The summed E-state index contributed by atoms with van der Waals surface area (Å²) < 4.78 is 3.70. The largest absolute Gasteiger partial charge is 0.305 e. The van der Waals surface area contributed by atoms with E-state index in [1.165, 1.54) is 16.3 Å². The van der Waals surface area contributed by atoms with Gasteiger partial charge in [0, 0.05) is 17.8 Å². The summed E-state index contributed by atoms with van der Waals surface area (Å²) in [6.45, 7) is 5.06. The van der Waals surface area contributed by atoms with Crippen molar-refractivity contribution >= 4 is 34.1 Å². The number of benzene rings is 3. The molecule has 0 aliphatic rings. The van der Waals surface area contributed by atoms with Crippen molar-refractivity contribution in [3.63, 3.8) is 0 Å². The van der Waals surface area contributed by atoms with Crippen molar-refractivity contribution in [3.05, 3.63) is 112 Å². The molecule has 2 heterocycles.